The molecule has 1 aromatic heterocycles. The fourth-order valence-electron chi connectivity index (χ4n) is 0.517. The molecule has 0 aliphatic rings. The first-order valence-corrected chi connectivity index (χ1v) is 3.20. The largest absolute Gasteiger partial charge is 0.339 e. The number of aldehydes is 1. The smallest absolute Gasteiger partial charge is 0.185 e. The summed E-state index contributed by atoms with van der Waals surface area (Å²) in [7, 11) is 0. The van der Waals surface area contributed by atoms with Crippen molar-refractivity contribution in [3.05, 3.63) is 16.1 Å². The molecule has 0 bridgehead atoms. The summed E-state index contributed by atoms with van der Waals surface area (Å²) in [6.07, 6.45) is 0.678. The molecule has 0 aromatic carbocycles. The van der Waals surface area contributed by atoms with Gasteiger partial charge in [0.25, 0.3) is 0 Å². The number of halogens is 1. The highest BCUT2D eigenvalue weighted by Gasteiger charge is 1.99. The van der Waals surface area contributed by atoms with Crippen LogP contribution < -0.4 is 0 Å². The van der Waals surface area contributed by atoms with Crippen LogP contribution in [0.2, 0.25) is 0 Å². The van der Waals surface area contributed by atoms with E-state index in [1.807, 2.05) is 6.92 Å². The lowest BCUT2D eigenvalue weighted by Crippen LogP contribution is -1.79. The average molecular weight is 189 g/mol. The van der Waals surface area contributed by atoms with Crippen LogP contribution in [0.1, 0.15) is 16.3 Å². The Hall–Kier alpha value is -0.640. The summed E-state index contributed by atoms with van der Waals surface area (Å²) in [6.45, 7) is 1.84. The topological polar surface area (TPSA) is 45.8 Å². The van der Waals surface area contributed by atoms with E-state index >= 15 is 0 Å². The number of hydrogen-bond acceptors (Lipinski definition) is 2. The molecule has 48 valence electrons. The molecule has 9 heavy (non-hydrogen) atoms. The predicted octanol–water partition coefficient (Wildman–Crippen LogP) is 1.29. The van der Waals surface area contributed by atoms with Gasteiger partial charge in [-0.15, -0.1) is 0 Å². The molecule has 0 amide bonds. The SMILES string of the molecule is Cc1[nH]c(C=O)nc1Br. The highest BCUT2D eigenvalue weighted by molar-refractivity contribution is 9.10. The van der Waals surface area contributed by atoms with Crippen LogP contribution in [0, 0.1) is 6.92 Å². The number of rotatable bonds is 1. The van der Waals surface area contributed by atoms with Gasteiger partial charge < -0.3 is 4.98 Å². The van der Waals surface area contributed by atoms with E-state index in [0.717, 1.165) is 5.69 Å². The van der Waals surface area contributed by atoms with Gasteiger partial charge in [-0.25, -0.2) is 4.98 Å². The summed E-state index contributed by atoms with van der Waals surface area (Å²) < 4.78 is 0.699. The van der Waals surface area contributed by atoms with Gasteiger partial charge in [-0.3, -0.25) is 4.79 Å². The number of H-pyrrole nitrogens is 1. The molecule has 1 N–H and O–H groups in total. The van der Waals surface area contributed by atoms with Crippen molar-refractivity contribution < 1.29 is 4.79 Å². The number of carbonyl (C=O) groups is 1. The summed E-state index contributed by atoms with van der Waals surface area (Å²) in [4.78, 5) is 16.6. The minimum atomic E-state index is 0.361. The fraction of sp³-hybridized carbons (Fsp3) is 0.200. The minimum absolute atomic E-state index is 0.361. The molecule has 0 spiro atoms. The van der Waals surface area contributed by atoms with Gasteiger partial charge in [0.05, 0.1) is 0 Å². The lowest BCUT2D eigenvalue weighted by Gasteiger charge is -1.77. The first kappa shape index (κ1) is 6.48. The molecule has 3 nitrogen and oxygen atoms in total. The van der Waals surface area contributed by atoms with Crippen molar-refractivity contribution >= 4 is 22.2 Å². The highest BCUT2D eigenvalue weighted by Crippen LogP contribution is 2.10. The summed E-state index contributed by atoms with van der Waals surface area (Å²) >= 11 is 3.16. The van der Waals surface area contributed by atoms with Gasteiger partial charge in [0, 0.05) is 5.69 Å². The molecule has 4 heteroatoms. The van der Waals surface area contributed by atoms with E-state index in [-0.39, 0.29) is 0 Å². The quantitative estimate of drug-likeness (QED) is 0.676. The van der Waals surface area contributed by atoms with Crippen LogP contribution >= 0.6 is 15.9 Å². The van der Waals surface area contributed by atoms with Gasteiger partial charge in [0.15, 0.2) is 12.1 Å². The Morgan fingerprint density at radius 3 is 2.67 bits per heavy atom. The number of aromatic nitrogens is 2. The lowest BCUT2D eigenvalue weighted by atomic mass is 10.6. The summed E-state index contributed by atoms with van der Waals surface area (Å²) in [5.74, 6) is 0.361. The van der Waals surface area contributed by atoms with Crippen LogP contribution in [-0.4, -0.2) is 16.3 Å². The molecular formula is C5H5BrN2O. The molecule has 0 aliphatic carbocycles. The van der Waals surface area contributed by atoms with Gasteiger partial charge in [-0.05, 0) is 22.9 Å². The normalized spacial score (nSPS) is 9.56. The number of aryl methyl sites for hydroxylation is 1. The molecule has 1 heterocycles. The average Bonchev–Trinajstić information content (AvgIpc) is 2.13. The zero-order valence-electron chi connectivity index (χ0n) is 4.81. The third kappa shape index (κ3) is 1.18. The first-order chi connectivity index (χ1) is 4.24. The zero-order valence-corrected chi connectivity index (χ0v) is 6.40. The number of carbonyl (C=O) groups excluding carboxylic acids is 1. The van der Waals surface area contributed by atoms with E-state index in [1.165, 1.54) is 0 Å². The third-order valence-corrected chi connectivity index (χ3v) is 1.73. The summed E-state index contributed by atoms with van der Waals surface area (Å²) in [5, 5.41) is 0. The number of nitrogens with zero attached hydrogens (tertiary/aromatic N) is 1. The Morgan fingerprint density at radius 1 is 1.78 bits per heavy atom. The van der Waals surface area contributed by atoms with Gasteiger partial charge in [-0.2, -0.15) is 0 Å². The predicted molar refractivity (Wildman–Crippen MR) is 36.4 cm³/mol. The molecule has 1 aromatic rings. The molecule has 0 saturated carbocycles. The summed E-state index contributed by atoms with van der Waals surface area (Å²) in [6, 6.07) is 0. The second-order valence-corrected chi connectivity index (χ2v) is 2.41. The van der Waals surface area contributed by atoms with Crippen LogP contribution in [0.4, 0.5) is 0 Å². The Labute approximate surface area is 60.6 Å². The maximum Gasteiger partial charge on any atom is 0.185 e. The van der Waals surface area contributed by atoms with Crippen molar-refractivity contribution in [3.63, 3.8) is 0 Å². The van der Waals surface area contributed by atoms with Crippen LogP contribution in [0.25, 0.3) is 0 Å². The van der Waals surface area contributed by atoms with E-state index < -0.39 is 0 Å². The van der Waals surface area contributed by atoms with Crippen LogP contribution in [-0.2, 0) is 0 Å². The van der Waals surface area contributed by atoms with Crippen LogP contribution in [0.5, 0.6) is 0 Å². The molecule has 0 saturated heterocycles. The maximum atomic E-state index is 10.1. The van der Waals surface area contributed by atoms with Gasteiger partial charge in [0.2, 0.25) is 0 Å². The zero-order chi connectivity index (χ0) is 6.85. The Morgan fingerprint density at radius 2 is 2.44 bits per heavy atom. The Kier molecular flexibility index (Phi) is 1.66. The minimum Gasteiger partial charge on any atom is -0.339 e. The van der Waals surface area contributed by atoms with E-state index in [9.17, 15) is 4.79 Å². The van der Waals surface area contributed by atoms with E-state index in [4.69, 9.17) is 0 Å². The van der Waals surface area contributed by atoms with Crippen molar-refractivity contribution in [2.45, 2.75) is 6.92 Å². The molecule has 0 atom stereocenters. The van der Waals surface area contributed by atoms with Crippen molar-refractivity contribution in [2.24, 2.45) is 0 Å². The molecular weight excluding hydrogens is 184 g/mol. The number of aromatic amines is 1. The second-order valence-electron chi connectivity index (χ2n) is 1.66. The molecule has 0 aliphatic heterocycles. The van der Waals surface area contributed by atoms with E-state index in [2.05, 4.69) is 25.9 Å². The Bertz CT molecular complexity index is 211. The molecule has 0 fully saturated rings. The van der Waals surface area contributed by atoms with Gasteiger partial charge >= 0.3 is 0 Å². The van der Waals surface area contributed by atoms with Gasteiger partial charge in [-0.1, -0.05) is 0 Å². The standard InChI is InChI=1S/C5H5BrN2O/c1-3-5(6)8-4(2-9)7-3/h2H,1H3,(H,7,8). The van der Waals surface area contributed by atoms with E-state index in [0.29, 0.717) is 16.7 Å². The molecule has 0 radical (unpaired) electrons. The number of nitrogens with one attached hydrogen (secondary N) is 1. The first-order valence-electron chi connectivity index (χ1n) is 2.41. The van der Waals surface area contributed by atoms with Gasteiger partial charge in [0.1, 0.15) is 4.60 Å². The molecule has 0 unspecified atom stereocenters. The van der Waals surface area contributed by atoms with Crippen molar-refractivity contribution in [3.8, 4) is 0 Å². The maximum absolute atomic E-state index is 10.1. The van der Waals surface area contributed by atoms with Crippen molar-refractivity contribution in [2.75, 3.05) is 0 Å². The second kappa shape index (κ2) is 2.31. The molecule has 1 rings (SSSR count). The van der Waals surface area contributed by atoms with E-state index in [1.54, 1.807) is 0 Å². The van der Waals surface area contributed by atoms with Crippen molar-refractivity contribution in [1.29, 1.82) is 0 Å². The van der Waals surface area contributed by atoms with Crippen LogP contribution in [0.15, 0.2) is 4.60 Å². The van der Waals surface area contributed by atoms with Crippen molar-refractivity contribution in [1.82, 2.24) is 9.97 Å². The van der Waals surface area contributed by atoms with Crippen LogP contribution in [0.3, 0.4) is 0 Å². The lowest BCUT2D eigenvalue weighted by molar-refractivity contribution is 0.111. The number of imidazole rings is 1. The number of hydrogen-bond donors (Lipinski definition) is 1. The highest BCUT2D eigenvalue weighted by atomic mass is 79.9. The fourth-order valence-corrected chi connectivity index (χ4v) is 0.807. The summed E-state index contributed by atoms with van der Waals surface area (Å²) in [5.41, 5.74) is 0.872. The monoisotopic (exact) mass is 188 g/mol. The Balaban J connectivity index is 3.11. The third-order valence-electron chi connectivity index (χ3n) is 0.955.